The Bertz CT molecular complexity index is 887. The molecule has 1 aromatic rings. The lowest BCUT2D eigenvalue weighted by Crippen LogP contribution is -2.52. The van der Waals surface area contributed by atoms with Crippen molar-refractivity contribution >= 4 is 18.0 Å². The number of rotatable bonds is 3. The van der Waals surface area contributed by atoms with Crippen LogP contribution in [0.5, 0.6) is 0 Å². The summed E-state index contributed by atoms with van der Waals surface area (Å²) in [4.78, 5) is 38.1. The van der Waals surface area contributed by atoms with Crippen molar-refractivity contribution in [3.05, 3.63) is 35.4 Å². The van der Waals surface area contributed by atoms with Crippen molar-refractivity contribution in [3.8, 4) is 11.8 Å². The van der Waals surface area contributed by atoms with E-state index in [0.29, 0.717) is 19.4 Å². The fraction of sp³-hybridized carbons (Fsp3) is 0.522. The third-order valence-corrected chi connectivity index (χ3v) is 5.92. The summed E-state index contributed by atoms with van der Waals surface area (Å²) in [6.07, 6.45) is 2.06. The van der Waals surface area contributed by atoms with Crippen molar-refractivity contribution in [2.24, 2.45) is 5.92 Å². The number of methoxy groups -OCH3 is 1. The Morgan fingerprint density at radius 2 is 2.10 bits per heavy atom. The van der Waals surface area contributed by atoms with Crippen molar-refractivity contribution in [1.82, 2.24) is 10.2 Å². The second kappa shape index (κ2) is 9.21. The van der Waals surface area contributed by atoms with Gasteiger partial charge < -0.3 is 19.7 Å². The summed E-state index contributed by atoms with van der Waals surface area (Å²) in [5.41, 5.74) is 0.883. The number of carbonyl (C=O) groups is 3. The van der Waals surface area contributed by atoms with E-state index in [9.17, 15) is 14.4 Å². The number of likely N-dealkylation sites (tertiary alicyclic amines) is 1. The van der Waals surface area contributed by atoms with Crippen LogP contribution in [0.4, 0.5) is 4.79 Å². The van der Waals surface area contributed by atoms with E-state index in [1.54, 1.807) is 4.90 Å². The molecule has 2 fully saturated rings. The number of amides is 2. The van der Waals surface area contributed by atoms with Gasteiger partial charge in [0.1, 0.15) is 6.42 Å². The van der Waals surface area contributed by atoms with Crippen molar-refractivity contribution in [3.63, 3.8) is 0 Å². The highest BCUT2D eigenvalue weighted by Crippen LogP contribution is 2.45. The van der Waals surface area contributed by atoms with Crippen molar-refractivity contribution in [1.29, 1.82) is 0 Å². The Balaban J connectivity index is 1.94. The monoisotopic (exact) mass is 412 g/mol. The molecule has 3 atom stereocenters. The molecule has 0 aromatic heterocycles. The molecule has 1 heterocycles. The van der Waals surface area contributed by atoms with Crippen LogP contribution in [0, 0.1) is 24.7 Å². The average Bonchev–Trinajstić information content (AvgIpc) is 3.17. The summed E-state index contributed by atoms with van der Waals surface area (Å²) in [6.45, 7) is 2.52. The molecule has 7 nitrogen and oxygen atoms in total. The first-order chi connectivity index (χ1) is 14.4. The Labute approximate surface area is 177 Å². The van der Waals surface area contributed by atoms with Crippen LogP contribution in [-0.4, -0.2) is 55.2 Å². The summed E-state index contributed by atoms with van der Waals surface area (Å²) in [5.74, 6) is 5.28. The van der Waals surface area contributed by atoms with Gasteiger partial charge >= 0.3 is 12.1 Å². The maximum absolute atomic E-state index is 12.6. The molecule has 30 heavy (non-hydrogen) atoms. The van der Waals surface area contributed by atoms with Gasteiger partial charge in [0.15, 0.2) is 5.60 Å². The fourth-order valence-electron chi connectivity index (χ4n) is 4.52. The number of aryl methyl sites for hydroxylation is 1. The number of benzene rings is 1. The molecule has 2 aliphatic rings. The Morgan fingerprint density at radius 3 is 2.80 bits per heavy atom. The fourth-order valence-corrected chi connectivity index (χ4v) is 4.52. The lowest BCUT2D eigenvalue weighted by Gasteiger charge is -2.42. The summed E-state index contributed by atoms with van der Waals surface area (Å²) in [5, 5.41) is 2.44. The average molecular weight is 412 g/mol. The zero-order chi connectivity index (χ0) is 21.7. The standard InChI is InChI=1S/C23H28N2O5/c1-16-6-4-7-17(14-16)9-12-23(30-21(27)15-20(26)24-2)11-5-8-19-18(23)10-13-25(19)22(28)29-3/h4,6-7,14,18-19H,5,8,10-11,13,15H2,1-3H3,(H,24,26)/t18-,19-,23-/m1/s1. The quantitative estimate of drug-likeness (QED) is 0.468. The molecule has 1 aliphatic carbocycles. The molecule has 7 heteroatoms. The van der Waals surface area contributed by atoms with Gasteiger partial charge in [-0.05, 0) is 56.2 Å². The molecule has 1 saturated carbocycles. The van der Waals surface area contributed by atoms with Crippen LogP contribution in [0.3, 0.4) is 0 Å². The summed E-state index contributed by atoms with van der Waals surface area (Å²) >= 11 is 0. The van der Waals surface area contributed by atoms with E-state index in [2.05, 4.69) is 17.2 Å². The van der Waals surface area contributed by atoms with Crippen LogP contribution in [-0.2, 0) is 19.1 Å². The van der Waals surface area contributed by atoms with Gasteiger partial charge in [0.05, 0.1) is 7.11 Å². The second-order valence-corrected chi connectivity index (χ2v) is 7.85. The number of hydrogen-bond donors (Lipinski definition) is 1. The topological polar surface area (TPSA) is 84.9 Å². The van der Waals surface area contributed by atoms with Crippen molar-refractivity contribution in [2.45, 2.75) is 50.7 Å². The van der Waals surface area contributed by atoms with Crippen LogP contribution >= 0.6 is 0 Å². The molecule has 0 spiro atoms. The number of fused-ring (bicyclic) bond motifs is 1. The van der Waals surface area contributed by atoms with Gasteiger partial charge in [-0.25, -0.2) is 4.79 Å². The summed E-state index contributed by atoms with van der Waals surface area (Å²) < 4.78 is 10.9. The molecule has 1 N–H and O–H groups in total. The molecule has 1 aliphatic heterocycles. The first kappa shape index (κ1) is 21.7. The van der Waals surface area contributed by atoms with Crippen molar-refractivity contribution in [2.75, 3.05) is 20.7 Å². The van der Waals surface area contributed by atoms with E-state index in [-0.39, 0.29) is 24.5 Å². The first-order valence-electron chi connectivity index (χ1n) is 10.3. The third-order valence-electron chi connectivity index (χ3n) is 5.92. The normalized spacial score (nSPS) is 24.8. The molecule has 0 unspecified atom stereocenters. The highest BCUT2D eigenvalue weighted by molar-refractivity contribution is 5.94. The number of hydrogen-bond acceptors (Lipinski definition) is 5. The molecule has 0 bridgehead atoms. The maximum Gasteiger partial charge on any atom is 0.409 e. The maximum atomic E-state index is 12.6. The lowest BCUT2D eigenvalue weighted by atomic mass is 9.72. The number of nitrogens with zero attached hydrogens (tertiary/aromatic N) is 1. The van der Waals surface area contributed by atoms with E-state index in [1.807, 2.05) is 31.2 Å². The van der Waals surface area contributed by atoms with Gasteiger partial charge in [0.25, 0.3) is 0 Å². The lowest BCUT2D eigenvalue weighted by molar-refractivity contribution is -0.163. The smallest absolute Gasteiger partial charge is 0.409 e. The van der Waals surface area contributed by atoms with Gasteiger partial charge in [0.2, 0.25) is 5.91 Å². The number of ether oxygens (including phenoxy) is 2. The first-order valence-corrected chi connectivity index (χ1v) is 10.3. The van der Waals surface area contributed by atoms with Gasteiger partial charge in [-0.1, -0.05) is 18.1 Å². The van der Waals surface area contributed by atoms with Gasteiger partial charge in [-0.2, -0.15) is 0 Å². The van der Waals surface area contributed by atoms with E-state index in [4.69, 9.17) is 9.47 Å². The number of carbonyl (C=O) groups excluding carboxylic acids is 3. The Kier molecular flexibility index (Phi) is 6.66. The molecular weight excluding hydrogens is 384 g/mol. The largest absolute Gasteiger partial charge is 0.453 e. The number of nitrogens with one attached hydrogen (secondary N) is 1. The predicted octanol–water partition coefficient (Wildman–Crippen LogP) is 2.41. The van der Waals surface area contributed by atoms with Crippen LogP contribution < -0.4 is 5.32 Å². The molecule has 160 valence electrons. The Morgan fingerprint density at radius 1 is 1.30 bits per heavy atom. The summed E-state index contributed by atoms with van der Waals surface area (Å²) in [7, 11) is 2.84. The van der Waals surface area contributed by atoms with Gasteiger partial charge in [0, 0.05) is 31.1 Å². The van der Waals surface area contributed by atoms with E-state index in [1.165, 1.54) is 14.2 Å². The molecular formula is C23H28N2O5. The molecule has 0 radical (unpaired) electrons. The second-order valence-electron chi connectivity index (χ2n) is 7.85. The molecule has 3 rings (SSSR count). The molecule has 1 aromatic carbocycles. The molecule has 1 saturated heterocycles. The van der Waals surface area contributed by atoms with Crippen LogP contribution in [0.15, 0.2) is 24.3 Å². The highest BCUT2D eigenvalue weighted by atomic mass is 16.6. The summed E-state index contributed by atoms with van der Waals surface area (Å²) in [6, 6.07) is 7.71. The predicted molar refractivity (Wildman–Crippen MR) is 110 cm³/mol. The zero-order valence-electron chi connectivity index (χ0n) is 17.7. The minimum absolute atomic E-state index is 0.106. The van der Waals surface area contributed by atoms with Crippen LogP contribution in [0.1, 0.15) is 43.2 Å². The minimum Gasteiger partial charge on any atom is -0.453 e. The zero-order valence-corrected chi connectivity index (χ0v) is 17.7. The van der Waals surface area contributed by atoms with Crippen LogP contribution in [0.2, 0.25) is 0 Å². The van der Waals surface area contributed by atoms with Gasteiger partial charge in [-0.15, -0.1) is 0 Å². The van der Waals surface area contributed by atoms with Crippen LogP contribution in [0.25, 0.3) is 0 Å². The Hall–Kier alpha value is -3.01. The molecule has 2 amide bonds. The van der Waals surface area contributed by atoms with E-state index in [0.717, 1.165) is 24.0 Å². The van der Waals surface area contributed by atoms with Crippen molar-refractivity contribution < 1.29 is 23.9 Å². The highest BCUT2D eigenvalue weighted by Gasteiger charge is 2.53. The van der Waals surface area contributed by atoms with E-state index >= 15 is 0 Å². The van der Waals surface area contributed by atoms with Gasteiger partial charge in [-0.3, -0.25) is 9.59 Å². The third kappa shape index (κ3) is 4.59. The number of esters is 1. The SMILES string of the molecule is CNC(=O)CC(=O)O[C@@]1(C#Cc2cccc(C)c2)CCC[C@@H]2[C@H]1CCN2C(=O)OC. The minimum atomic E-state index is -1.04. The van der Waals surface area contributed by atoms with E-state index < -0.39 is 17.5 Å².